The van der Waals surface area contributed by atoms with Gasteiger partial charge in [-0.3, -0.25) is 4.79 Å². The number of benzene rings is 1. The van der Waals surface area contributed by atoms with Gasteiger partial charge in [0.1, 0.15) is 5.75 Å². The number of anilines is 1. The van der Waals surface area contributed by atoms with E-state index in [0.29, 0.717) is 12.1 Å². The fourth-order valence-electron chi connectivity index (χ4n) is 2.12. The standard InChI is InChI=1S/C14H19NO3/c1-10-4-6-12(13(16)9-10)15-14(17)7-5-11-3-2-8-18-11/h4,6,9,11,16H,2-3,5,7-8H2,1H3,(H,15,17). The normalized spacial score (nSPS) is 18.8. The summed E-state index contributed by atoms with van der Waals surface area (Å²) in [5.41, 5.74) is 1.43. The molecule has 0 bridgehead atoms. The van der Waals surface area contributed by atoms with Gasteiger partial charge in [0.25, 0.3) is 0 Å². The summed E-state index contributed by atoms with van der Waals surface area (Å²) in [6.45, 7) is 2.70. The number of nitrogens with one attached hydrogen (secondary N) is 1. The molecule has 1 aliphatic heterocycles. The molecule has 0 aromatic heterocycles. The highest BCUT2D eigenvalue weighted by molar-refractivity contribution is 5.92. The van der Waals surface area contributed by atoms with Gasteiger partial charge in [-0.15, -0.1) is 0 Å². The maximum atomic E-state index is 11.7. The van der Waals surface area contributed by atoms with Crippen molar-refractivity contribution >= 4 is 11.6 Å². The molecule has 1 aromatic rings. The summed E-state index contributed by atoms with van der Waals surface area (Å²) in [7, 11) is 0. The molecule has 0 aliphatic carbocycles. The predicted octanol–water partition coefficient (Wildman–Crippen LogP) is 2.60. The Balaban J connectivity index is 1.82. The average Bonchev–Trinajstić information content (AvgIpc) is 2.83. The Hall–Kier alpha value is -1.55. The molecule has 1 atom stereocenters. The summed E-state index contributed by atoms with van der Waals surface area (Å²) in [6, 6.07) is 5.21. The highest BCUT2D eigenvalue weighted by Crippen LogP contribution is 2.24. The molecule has 2 rings (SSSR count). The minimum atomic E-state index is -0.0790. The second-order valence-corrected chi connectivity index (χ2v) is 4.74. The number of carbonyl (C=O) groups excluding carboxylic acids is 1. The van der Waals surface area contributed by atoms with Crippen LogP contribution in [0, 0.1) is 6.92 Å². The van der Waals surface area contributed by atoms with E-state index in [1.54, 1.807) is 12.1 Å². The highest BCUT2D eigenvalue weighted by atomic mass is 16.5. The minimum Gasteiger partial charge on any atom is -0.506 e. The fraction of sp³-hybridized carbons (Fsp3) is 0.500. The molecule has 1 fully saturated rings. The summed E-state index contributed by atoms with van der Waals surface area (Å²) >= 11 is 0. The fourth-order valence-corrected chi connectivity index (χ4v) is 2.12. The van der Waals surface area contributed by atoms with Crippen LogP contribution in [0.1, 0.15) is 31.2 Å². The zero-order valence-electron chi connectivity index (χ0n) is 10.6. The molecule has 4 heteroatoms. The van der Waals surface area contributed by atoms with Crippen LogP contribution >= 0.6 is 0 Å². The summed E-state index contributed by atoms with van der Waals surface area (Å²) < 4.78 is 5.46. The molecule has 0 spiro atoms. The summed E-state index contributed by atoms with van der Waals surface area (Å²) in [6.07, 6.45) is 3.53. The molecule has 2 N–H and O–H groups in total. The van der Waals surface area contributed by atoms with Crippen molar-refractivity contribution in [1.82, 2.24) is 0 Å². The number of hydrogen-bond acceptors (Lipinski definition) is 3. The molecule has 1 heterocycles. The summed E-state index contributed by atoms with van der Waals surface area (Å²) in [5, 5.41) is 12.4. The van der Waals surface area contributed by atoms with Crippen molar-refractivity contribution in [3.63, 3.8) is 0 Å². The zero-order chi connectivity index (χ0) is 13.0. The number of phenols is 1. The van der Waals surface area contributed by atoms with Crippen LogP contribution in [-0.2, 0) is 9.53 Å². The van der Waals surface area contributed by atoms with Gasteiger partial charge in [-0.25, -0.2) is 0 Å². The molecule has 1 amide bonds. The lowest BCUT2D eigenvalue weighted by Gasteiger charge is -2.10. The van der Waals surface area contributed by atoms with Crippen molar-refractivity contribution in [2.45, 2.75) is 38.7 Å². The number of amides is 1. The zero-order valence-corrected chi connectivity index (χ0v) is 10.6. The number of rotatable bonds is 4. The van der Waals surface area contributed by atoms with E-state index in [-0.39, 0.29) is 17.8 Å². The predicted molar refractivity (Wildman–Crippen MR) is 69.7 cm³/mol. The van der Waals surface area contributed by atoms with Crippen molar-refractivity contribution in [2.24, 2.45) is 0 Å². The number of aryl methyl sites for hydroxylation is 1. The summed E-state index contributed by atoms with van der Waals surface area (Å²) in [4.78, 5) is 11.7. The third-order valence-electron chi connectivity index (χ3n) is 3.14. The van der Waals surface area contributed by atoms with Gasteiger partial charge in [-0.05, 0) is 43.9 Å². The molecular weight excluding hydrogens is 230 g/mol. The van der Waals surface area contributed by atoms with Crippen LogP contribution in [0.3, 0.4) is 0 Å². The lowest BCUT2D eigenvalue weighted by Crippen LogP contribution is -2.15. The first-order valence-corrected chi connectivity index (χ1v) is 6.36. The molecule has 98 valence electrons. The first kappa shape index (κ1) is 12.9. The van der Waals surface area contributed by atoms with Crippen molar-refractivity contribution in [1.29, 1.82) is 0 Å². The third-order valence-corrected chi connectivity index (χ3v) is 3.14. The van der Waals surface area contributed by atoms with Crippen molar-refractivity contribution in [2.75, 3.05) is 11.9 Å². The second kappa shape index (κ2) is 5.87. The van der Waals surface area contributed by atoms with E-state index in [4.69, 9.17) is 4.74 Å². The molecule has 1 unspecified atom stereocenters. The van der Waals surface area contributed by atoms with Crippen LogP contribution in [-0.4, -0.2) is 23.7 Å². The number of hydrogen-bond donors (Lipinski definition) is 2. The Morgan fingerprint density at radius 3 is 3.06 bits per heavy atom. The van der Waals surface area contributed by atoms with Gasteiger partial charge in [0.05, 0.1) is 11.8 Å². The topological polar surface area (TPSA) is 58.6 Å². The van der Waals surface area contributed by atoms with Crippen molar-refractivity contribution in [3.8, 4) is 5.75 Å². The Labute approximate surface area is 107 Å². The number of ether oxygens (including phenoxy) is 1. The average molecular weight is 249 g/mol. The molecule has 4 nitrogen and oxygen atoms in total. The summed E-state index contributed by atoms with van der Waals surface area (Å²) in [5.74, 6) is 0.0325. The first-order chi connectivity index (χ1) is 8.65. The minimum absolute atomic E-state index is 0.0790. The number of carbonyl (C=O) groups is 1. The number of phenolic OH excluding ortho intramolecular Hbond substituents is 1. The second-order valence-electron chi connectivity index (χ2n) is 4.74. The van der Waals surface area contributed by atoms with E-state index in [9.17, 15) is 9.90 Å². The van der Waals surface area contributed by atoms with Crippen LogP contribution in [0.5, 0.6) is 5.75 Å². The van der Waals surface area contributed by atoms with E-state index >= 15 is 0 Å². The van der Waals surface area contributed by atoms with Gasteiger partial charge >= 0.3 is 0 Å². The lowest BCUT2D eigenvalue weighted by molar-refractivity contribution is -0.116. The van der Waals surface area contributed by atoms with Gasteiger partial charge in [0, 0.05) is 13.0 Å². The number of aromatic hydroxyl groups is 1. The van der Waals surface area contributed by atoms with E-state index < -0.39 is 0 Å². The van der Waals surface area contributed by atoms with Gasteiger partial charge < -0.3 is 15.2 Å². The Morgan fingerprint density at radius 1 is 1.56 bits per heavy atom. The van der Waals surface area contributed by atoms with Crippen LogP contribution < -0.4 is 5.32 Å². The molecule has 1 aliphatic rings. The molecule has 0 radical (unpaired) electrons. The molecule has 1 saturated heterocycles. The molecule has 1 aromatic carbocycles. The maximum absolute atomic E-state index is 11.7. The van der Waals surface area contributed by atoms with E-state index in [0.717, 1.165) is 31.4 Å². The van der Waals surface area contributed by atoms with Gasteiger partial charge in [0.15, 0.2) is 0 Å². The van der Waals surface area contributed by atoms with Crippen LogP contribution in [0.4, 0.5) is 5.69 Å². The quantitative estimate of drug-likeness (QED) is 0.806. The van der Waals surface area contributed by atoms with Gasteiger partial charge in [-0.2, -0.15) is 0 Å². The first-order valence-electron chi connectivity index (χ1n) is 6.36. The monoisotopic (exact) mass is 249 g/mol. The smallest absolute Gasteiger partial charge is 0.224 e. The maximum Gasteiger partial charge on any atom is 0.224 e. The molecule has 18 heavy (non-hydrogen) atoms. The van der Waals surface area contributed by atoms with Crippen molar-refractivity contribution < 1.29 is 14.6 Å². The van der Waals surface area contributed by atoms with Crippen molar-refractivity contribution in [3.05, 3.63) is 23.8 Å². The molecular formula is C14H19NO3. The Morgan fingerprint density at radius 2 is 2.39 bits per heavy atom. The van der Waals surface area contributed by atoms with Gasteiger partial charge in [-0.1, -0.05) is 6.07 Å². The van der Waals surface area contributed by atoms with E-state index in [2.05, 4.69) is 5.32 Å². The Bertz CT molecular complexity index is 425. The van der Waals surface area contributed by atoms with Crippen LogP contribution in [0.25, 0.3) is 0 Å². The van der Waals surface area contributed by atoms with Gasteiger partial charge in [0.2, 0.25) is 5.91 Å². The van der Waals surface area contributed by atoms with E-state index in [1.165, 1.54) is 0 Å². The highest BCUT2D eigenvalue weighted by Gasteiger charge is 2.17. The lowest BCUT2D eigenvalue weighted by atomic mass is 10.1. The van der Waals surface area contributed by atoms with Crippen LogP contribution in [0.15, 0.2) is 18.2 Å². The van der Waals surface area contributed by atoms with Crippen LogP contribution in [0.2, 0.25) is 0 Å². The Kier molecular flexibility index (Phi) is 4.20. The third kappa shape index (κ3) is 3.47. The largest absolute Gasteiger partial charge is 0.506 e. The molecule has 0 saturated carbocycles. The SMILES string of the molecule is Cc1ccc(NC(=O)CCC2CCCO2)c(O)c1. The van der Waals surface area contributed by atoms with E-state index in [1.807, 2.05) is 13.0 Å².